The first-order valence-corrected chi connectivity index (χ1v) is 7.67. The molecule has 0 aliphatic carbocycles. The molecule has 2 aromatic rings. The van der Waals surface area contributed by atoms with Gasteiger partial charge in [-0.2, -0.15) is 0 Å². The molecule has 0 amide bonds. The van der Waals surface area contributed by atoms with Crippen LogP contribution in [-0.4, -0.2) is 31.1 Å². The van der Waals surface area contributed by atoms with Crippen molar-refractivity contribution in [2.75, 3.05) is 0 Å². The third-order valence-electron chi connectivity index (χ3n) is 2.59. The van der Waals surface area contributed by atoms with E-state index in [-0.39, 0.29) is 0 Å². The molecular weight excluding hydrogens is 328 g/mol. The maximum atomic E-state index is 9.89. The van der Waals surface area contributed by atoms with Gasteiger partial charge in [0.15, 0.2) is 0 Å². The zero-order valence-electron chi connectivity index (χ0n) is 9.77. The van der Waals surface area contributed by atoms with Crippen molar-refractivity contribution in [2.24, 2.45) is 0 Å². The molecule has 0 bridgehead atoms. The summed E-state index contributed by atoms with van der Waals surface area (Å²) in [4.78, 5) is 0. The average Bonchev–Trinajstić information content (AvgIpc) is 2.27. The fraction of sp³-hybridized carbons (Fsp3) is 0.143. The number of benzene rings is 2. The van der Waals surface area contributed by atoms with E-state index in [2.05, 4.69) is 0 Å². The number of rotatable bonds is 2. The van der Waals surface area contributed by atoms with Gasteiger partial charge < -0.3 is 0 Å². The third-order valence-corrected chi connectivity index (χ3v) is 6.78. The number of phenolic OH excluding ortho intramolecular Hbond substituents is 2. The molecular formula is C14H14O2Te. The predicted octanol–water partition coefficient (Wildman–Crippen LogP) is 1.37. The number of aromatic hydroxyl groups is 2. The van der Waals surface area contributed by atoms with E-state index in [4.69, 9.17) is 0 Å². The fourth-order valence-corrected chi connectivity index (χ4v) is 4.52. The van der Waals surface area contributed by atoms with Gasteiger partial charge in [0, 0.05) is 0 Å². The van der Waals surface area contributed by atoms with Crippen LogP contribution in [0.4, 0.5) is 0 Å². The second-order valence-electron chi connectivity index (χ2n) is 3.95. The third kappa shape index (κ3) is 2.57. The summed E-state index contributed by atoms with van der Waals surface area (Å²) in [5, 5.41) is 19.8. The first-order valence-electron chi connectivity index (χ1n) is 5.34. The van der Waals surface area contributed by atoms with Gasteiger partial charge in [-0.15, -0.1) is 0 Å². The van der Waals surface area contributed by atoms with Gasteiger partial charge >= 0.3 is 111 Å². The zero-order chi connectivity index (χ0) is 12.4. The van der Waals surface area contributed by atoms with Crippen molar-refractivity contribution < 1.29 is 10.2 Å². The first-order chi connectivity index (χ1) is 8.09. The Morgan fingerprint density at radius 2 is 1.18 bits per heavy atom. The molecule has 0 atom stereocenters. The van der Waals surface area contributed by atoms with Crippen LogP contribution < -0.4 is 7.22 Å². The Morgan fingerprint density at radius 3 is 1.53 bits per heavy atom. The predicted molar refractivity (Wildman–Crippen MR) is 70.7 cm³/mol. The molecule has 0 heterocycles. The molecule has 17 heavy (non-hydrogen) atoms. The minimum atomic E-state index is -0.760. The van der Waals surface area contributed by atoms with Crippen LogP contribution in [0.2, 0.25) is 0 Å². The fourth-order valence-electron chi connectivity index (χ4n) is 1.64. The molecule has 2 rings (SSSR count). The van der Waals surface area contributed by atoms with E-state index in [1.807, 2.05) is 38.1 Å². The Hall–Kier alpha value is -1.17. The van der Waals surface area contributed by atoms with Crippen molar-refractivity contribution in [3.8, 4) is 11.5 Å². The van der Waals surface area contributed by atoms with Gasteiger partial charge in [-0.1, -0.05) is 0 Å². The summed E-state index contributed by atoms with van der Waals surface area (Å²) < 4.78 is 2.00. The Kier molecular flexibility index (Phi) is 3.61. The van der Waals surface area contributed by atoms with Crippen molar-refractivity contribution >= 4 is 28.1 Å². The van der Waals surface area contributed by atoms with Crippen LogP contribution in [0.3, 0.4) is 0 Å². The maximum absolute atomic E-state index is 9.89. The molecule has 2 N–H and O–H groups in total. The molecule has 0 saturated carbocycles. The molecule has 0 spiro atoms. The van der Waals surface area contributed by atoms with E-state index in [1.165, 1.54) is 0 Å². The molecule has 3 heteroatoms. The van der Waals surface area contributed by atoms with Gasteiger partial charge in [0.1, 0.15) is 0 Å². The van der Waals surface area contributed by atoms with E-state index in [1.54, 1.807) is 12.1 Å². The quantitative estimate of drug-likeness (QED) is 0.810. The molecule has 2 nitrogen and oxygen atoms in total. The molecule has 2 aromatic carbocycles. The number of hydrogen-bond donors (Lipinski definition) is 2. The Morgan fingerprint density at radius 1 is 0.765 bits per heavy atom. The molecule has 0 radical (unpaired) electrons. The summed E-state index contributed by atoms with van der Waals surface area (Å²) in [6.07, 6.45) is 0. The molecule has 0 aromatic heterocycles. The van der Waals surface area contributed by atoms with Gasteiger partial charge in [-0.25, -0.2) is 0 Å². The van der Waals surface area contributed by atoms with Crippen LogP contribution in [0.25, 0.3) is 0 Å². The second-order valence-corrected chi connectivity index (χ2v) is 6.86. The monoisotopic (exact) mass is 344 g/mol. The zero-order valence-corrected chi connectivity index (χ0v) is 12.1. The van der Waals surface area contributed by atoms with Crippen molar-refractivity contribution in [1.82, 2.24) is 0 Å². The van der Waals surface area contributed by atoms with Gasteiger partial charge in [0.25, 0.3) is 0 Å². The van der Waals surface area contributed by atoms with Crippen molar-refractivity contribution in [1.29, 1.82) is 0 Å². The molecule has 0 aliphatic rings. The van der Waals surface area contributed by atoms with Crippen molar-refractivity contribution in [3.63, 3.8) is 0 Å². The van der Waals surface area contributed by atoms with E-state index in [0.29, 0.717) is 11.5 Å². The second kappa shape index (κ2) is 4.99. The standard InChI is InChI=1S/C14H14O2Te/c1-9-5-3-7-11(15)13(9)17-14-10(2)6-4-8-12(14)16/h3-8,15-16H,1-2H3. The van der Waals surface area contributed by atoms with E-state index in [9.17, 15) is 10.2 Å². The van der Waals surface area contributed by atoms with E-state index >= 15 is 0 Å². The molecule has 0 aliphatic heterocycles. The van der Waals surface area contributed by atoms with Crippen molar-refractivity contribution in [2.45, 2.75) is 13.8 Å². The Labute approximate surface area is 111 Å². The van der Waals surface area contributed by atoms with Crippen LogP contribution in [0.5, 0.6) is 11.5 Å². The number of phenols is 2. The summed E-state index contributed by atoms with van der Waals surface area (Å²) >= 11 is -0.760. The van der Waals surface area contributed by atoms with Crippen molar-refractivity contribution in [3.05, 3.63) is 47.5 Å². The van der Waals surface area contributed by atoms with Gasteiger partial charge in [0.05, 0.1) is 0 Å². The van der Waals surface area contributed by atoms with Gasteiger partial charge in [-0.3, -0.25) is 0 Å². The minimum absolute atomic E-state index is 0.343. The molecule has 88 valence electrons. The molecule has 0 fully saturated rings. The molecule has 0 saturated heterocycles. The van der Waals surface area contributed by atoms with Crippen LogP contribution in [0.15, 0.2) is 36.4 Å². The van der Waals surface area contributed by atoms with Gasteiger partial charge in [-0.05, 0) is 0 Å². The first kappa shape index (κ1) is 12.3. The number of hydrogen-bond acceptors (Lipinski definition) is 2. The van der Waals surface area contributed by atoms with E-state index in [0.717, 1.165) is 18.3 Å². The summed E-state index contributed by atoms with van der Waals surface area (Å²) in [5.74, 6) is 0.685. The normalized spacial score (nSPS) is 10.5. The summed E-state index contributed by atoms with van der Waals surface area (Å²) in [6, 6.07) is 11.1. The van der Waals surface area contributed by atoms with Crippen LogP contribution >= 0.6 is 0 Å². The van der Waals surface area contributed by atoms with Crippen LogP contribution in [0, 0.1) is 13.8 Å². The molecule has 0 unspecified atom stereocenters. The summed E-state index contributed by atoms with van der Waals surface area (Å²) in [6.45, 7) is 3.99. The SMILES string of the molecule is Cc1cccc(O)c1[Te]c1c(C)cccc1O. The summed E-state index contributed by atoms with van der Waals surface area (Å²) in [5.41, 5.74) is 2.19. The summed E-state index contributed by atoms with van der Waals surface area (Å²) in [7, 11) is 0. The van der Waals surface area contributed by atoms with Gasteiger partial charge in [0.2, 0.25) is 0 Å². The Bertz CT molecular complexity index is 460. The Balaban J connectivity index is 2.45. The van der Waals surface area contributed by atoms with E-state index < -0.39 is 20.9 Å². The van der Waals surface area contributed by atoms with Crippen LogP contribution in [-0.2, 0) is 0 Å². The average molecular weight is 342 g/mol. The number of aryl methyl sites for hydroxylation is 2. The topological polar surface area (TPSA) is 40.5 Å². The van der Waals surface area contributed by atoms with Crippen LogP contribution in [0.1, 0.15) is 11.1 Å².